The first-order chi connectivity index (χ1) is 12.8. The highest BCUT2D eigenvalue weighted by Crippen LogP contribution is 2.36. The quantitative estimate of drug-likeness (QED) is 0.711. The van der Waals surface area contributed by atoms with Gasteiger partial charge in [-0.05, 0) is 24.1 Å². The smallest absolute Gasteiger partial charge is 0.233 e. The monoisotopic (exact) mass is 363 g/mol. The van der Waals surface area contributed by atoms with Crippen molar-refractivity contribution < 1.29 is 4.79 Å². The summed E-state index contributed by atoms with van der Waals surface area (Å²) in [5.41, 5.74) is 4.23. The molecule has 1 amide bonds. The Labute approximate surface area is 157 Å². The standard InChI is InChI=1S/C21H21N3OS/c1-2-17(15-9-5-3-6-10-15)21(25)22-20-18-13-26-14-19(18)23-24(20)16-11-7-4-8-12-16/h3-12,17H,2,13-14H2,1H3,(H,22,25)/t17-/m0/s1. The number of carbonyl (C=O) groups is 1. The van der Waals surface area contributed by atoms with E-state index in [4.69, 9.17) is 5.10 Å². The molecule has 1 aliphatic heterocycles. The number of rotatable bonds is 5. The van der Waals surface area contributed by atoms with E-state index in [1.54, 1.807) is 0 Å². The molecule has 1 atom stereocenters. The van der Waals surface area contributed by atoms with Gasteiger partial charge in [-0.2, -0.15) is 16.9 Å². The summed E-state index contributed by atoms with van der Waals surface area (Å²) in [5, 5.41) is 7.94. The van der Waals surface area contributed by atoms with Gasteiger partial charge in [-0.3, -0.25) is 4.79 Å². The lowest BCUT2D eigenvalue weighted by molar-refractivity contribution is -0.117. The van der Waals surface area contributed by atoms with E-state index in [-0.39, 0.29) is 11.8 Å². The molecule has 1 aliphatic rings. The number of hydrogen-bond donors (Lipinski definition) is 1. The van der Waals surface area contributed by atoms with Crippen molar-refractivity contribution in [3.8, 4) is 5.69 Å². The number of nitrogens with one attached hydrogen (secondary N) is 1. The molecule has 132 valence electrons. The van der Waals surface area contributed by atoms with Crippen LogP contribution in [0.2, 0.25) is 0 Å². The molecule has 0 aliphatic carbocycles. The zero-order chi connectivity index (χ0) is 17.9. The molecular weight excluding hydrogens is 342 g/mol. The Morgan fingerprint density at radius 2 is 1.81 bits per heavy atom. The minimum Gasteiger partial charge on any atom is -0.310 e. The third-order valence-electron chi connectivity index (χ3n) is 4.72. The number of anilines is 1. The maximum atomic E-state index is 13.1. The van der Waals surface area contributed by atoms with Crippen molar-refractivity contribution in [2.45, 2.75) is 30.8 Å². The Balaban J connectivity index is 1.68. The summed E-state index contributed by atoms with van der Waals surface area (Å²) in [6.07, 6.45) is 0.756. The van der Waals surface area contributed by atoms with Crippen LogP contribution in [0.25, 0.3) is 5.69 Å². The number of fused-ring (bicyclic) bond motifs is 1. The molecule has 1 N–H and O–H groups in total. The summed E-state index contributed by atoms with van der Waals surface area (Å²) >= 11 is 1.84. The molecule has 0 unspecified atom stereocenters. The summed E-state index contributed by atoms with van der Waals surface area (Å²) in [7, 11) is 0. The van der Waals surface area contributed by atoms with E-state index in [2.05, 4.69) is 5.32 Å². The largest absolute Gasteiger partial charge is 0.310 e. The Morgan fingerprint density at radius 1 is 1.12 bits per heavy atom. The topological polar surface area (TPSA) is 46.9 Å². The van der Waals surface area contributed by atoms with Crippen LogP contribution >= 0.6 is 11.8 Å². The van der Waals surface area contributed by atoms with Crippen molar-refractivity contribution in [2.24, 2.45) is 0 Å². The number of benzene rings is 2. The lowest BCUT2D eigenvalue weighted by Gasteiger charge is -2.17. The van der Waals surface area contributed by atoms with Gasteiger partial charge in [0.2, 0.25) is 5.91 Å². The summed E-state index contributed by atoms with van der Waals surface area (Å²) in [4.78, 5) is 13.1. The lowest BCUT2D eigenvalue weighted by atomic mass is 9.95. The third kappa shape index (κ3) is 3.15. The predicted octanol–water partition coefficient (Wildman–Crippen LogP) is 4.75. The van der Waals surface area contributed by atoms with E-state index in [9.17, 15) is 4.79 Å². The van der Waals surface area contributed by atoms with Crippen LogP contribution in [0.4, 0.5) is 5.82 Å². The van der Waals surface area contributed by atoms with Crippen LogP contribution in [0.5, 0.6) is 0 Å². The van der Waals surface area contributed by atoms with Crippen LogP contribution in [-0.2, 0) is 16.3 Å². The Kier molecular flexibility index (Phi) is 4.80. The SMILES string of the molecule is CC[C@H](C(=O)Nc1c2c(nn1-c1ccccc1)CSC2)c1ccccc1. The molecule has 0 fully saturated rings. The van der Waals surface area contributed by atoms with Crippen molar-refractivity contribution in [1.82, 2.24) is 9.78 Å². The predicted molar refractivity (Wildman–Crippen MR) is 107 cm³/mol. The van der Waals surface area contributed by atoms with E-state index in [0.29, 0.717) is 0 Å². The summed E-state index contributed by atoms with van der Waals surface area (Å²) in [6.45, 7) is 2.05. The lowest BCUT2D eigenvalue weighted by Crippen LogP contribution is -2.23. The van der Waals surface area contributed by atoms with Gasteiger partial charge in [-0.15, -0.1) is 0 Å². The van der Waals surface area contributed by atoms with E-state index in [0.717, 1.165) is 46.3 Å². The fourth-order valence-corrected chi connectivity index (χ4v) is 4.39. The van der Waals surface area contributed by atoms with E-state index in [1.807, 2.05) is 84.0 Å². The maximum absolute atomic E-state index is 13.1. The highest BCUT2D eigenvalue weighted by atomic mass is 32.2. The van der Waals surface area contributed by atoms with Gasteiger partial charge in [0, 0.05) is 17.1 Å². The van der Waals surface area contributed by atoms with Crippen molar-refractivity contribution in [3.63, 3.8) is 0 Å². The van der Waals surface area contributed by atoms with Gasteiger partial charge >= 0.3 is 0 Å². The number of nitrogens with zero attached hydrogens (tertiary/aromatic N) is 2. The number of carbonyl (C=O) groups excluding carboxylic acids is 1. The molecule has 0 saturated carbocycles. The number of para-hydroxylation sites is 1. The van der Waals surface area contributed by atoms with Gasteiger partial charge in [0.25, 0.3) is 0 Å². The first-order valence-corrected chi connectivity index (χ1v) is 10.0. The van der Waals surface area contributed by atoms with Gasteiger partial charge in [0.1, 0.15) is 5.82 Å². The minimum absolute atomic E-state index is 0.0236. The van der Waals surface area contributed by atoms with Crippen LogP contribution in [0, 0.1) is 0 Å². The van der Waals surface area contributed by atoms with Gasteiger partial charge in [0.05, 0.1) is 17.3 Å². The van der Waals surface area contributed by atoms with Crippen LogP contribution in [-0.4, -0.2) is 15.7 Å². The second-order valence-electron chi connectivity index (χ2n) is 6.37. The zero-order valence-corrected chi connectivity index (χ0v) is 15.5. The summed E-state index contributed by atoms with van der Waals surface area (Å²) < 4.78 is 1.88. The van der Waals surface area contributed by atoms with Crippen LogP contribution in [0.1, 0.15) is 36.1 Å². The number of aromatic nitrogens is 2. The number of hydrogen-bond acceptors (Lipinski definition) is 3. The minimum atomic E-state index is -0.167. The molecule has 5 heteroatoms. The first kappa shape index (κ1) is 16.9. The molecule has 4 nitrogen and oxygen atoms in total. The van der Waals surface area contributed by atoms with Crippen molar-refractivity contribution in [3.05, 3.63) is 77.5 Å². The van der Waals surface area contributed by atoms with Gasteiger partial charge in [-0.25, -0.2) is 4.68 Å². The molecular formula is C21H21N3OS. The van der Waals surface area contributed by atoms with Crippen molar-refractivity contribution in [1.29, 1.82) is 0 Å². The van der Waals surface area contributed by atoms with Crippen LogP contribution in [0.3, 0.4) is 0 Å². The van der Waals surface area contributed by atoms with E-state index >= 15 is 0 Å². The normalized spacial score (nSPS) is 14.0. The van der Waals surface area contributed by atoms with Crippen LogP contribution in [0.15, 0.2) is 60.7 Å². The average Bonchev–Trinajstić information content (AvgIpc) is 3.27. The van der Waals surface area contributed by atoms with Crippen LogP contribution < -0.4 is 5.32 Å². The molecule has 0 spiro atoms. The maximum Gasteiger partial charge on any atom is 0.233 e. The summed E-state index contributed by atoms with van der Waals surface area (Å²) in [5.74, 6) is 2.46. The van der Waals surface area contributed by atoms with Gasteiger partial charge in [0.15, 0.2) is 0 Å². The molecule has 2 aromatic carbocycles. The molecule has 3 aromatic rings. The second-order valence-corrected chi connectivity index (χ2v) is 7.36. The highest BCUT2D eigenvalue weighted by Gasteiger charge is 2.27. The number of thioether (sulfide) groups is 1. The van der Waals surface area contributed by atoms with E-state index in [1.165, 1.54) is 0 Å². The third-order valence-corrected chi connectivity index (χ3v) is 5.69. The Bertz CT molecular complexity index is 906. The molecule has 0 radical (unpaired) electrons. The van der Waals surface area contributed by atoms with Gasteiger partial charge < -0.3 is 5.32 Å². The molecule has 0 saturated heterocycles. The Hall–Kier alpha value is -2.53. The molecule has 2 heterocycles. The zero-order valence-electron chi connectivity index (χ0n) is 14.7. The van der Waals surface area contributed by atoms with Gasteiger partial charge in [-0.1, -0.05) is 55.5 Å². The van der Waals surface area contributed by atoms with E-state index < -0.39 is 0 Å². The van der Waals surface area contributed by atoms with Crippen molar-refractivity contribution in [2.75, 3.05) is 5.32 Å². The Morgan fingerprint density at radius 3 is 2.50 bits per heavy atom. The molecule has 0 bridgehead atoms. The average molecular weight is 363 g/mol. The number of amides is 1. The second kappa shape index (κ2) is 7.38. The van der Waals surface area contributed by atoms with Crippen molar-refractivity contribution >= 4 is 23.5 Å². The highest BCUT2D eigenvalue weighted by molar-refractivity contribution is 7.98. The molecule has 4 rings (SSSR count). The molecule has 26 heavy (non-hydrogen) atoms. The molecule has 1 aromatic heterocycles. The fraction of sp³-hybridized carbons (Fsp3) is 0.238. The fourth-order valence-electron chi connectivity index (χ4n) is 3.36. The first-order valence-electron chi connectivity index (χ1n) is 8.87. The summed E-state index contributed by atoms with van der Waals surface area (Å²) in [6, 6.07) is 20.0.